The highest BCUT2D eigenvalue weighted by Gasteiger charge is 2.16. The van der Waals surface area contributed by atoms with Gasteiger partial charge in [-0.25, -0.2) is 0 Å². The van der Waals surface area contributed by atoms with Crippen molar-refractivity contribution in [1.82, 2.24) is 9.91 Å². The van der Waals surface area contributed by atoms with E-state index in [1.165, 1.54) is 5.56 Å². The number of nitrogens with zero attached hydrogens (tertiary/aromatic N) is 3. The maximum absolute atomic E-state index is 6.25. The zero-order valence-electron chi connectivity index (χ0n) is 13.8. The molecule has 2 aromatic carbocycles. The second-order valence-electron chi connectivity index (χ2n) is 6.01. The Labute approximate surface area is 153 Å². The predicted molar refractivity (Wildman–Crippen MR) is 102 cm³/mol. The molecule has 24 heavy (non-hydrogen) atoms. The minimum Gasteiger partial charge on any atom is -0.295 e. The number of halogens is 2. The van der Waals surface area contributed by atoms with Crippen LogP contribution in [0.15, 0.2) is 53.6 Å². The minimum atomic E-state index is 0.750. The summed E-state index contributed by atoms with van der Waals surface area (Å²) in [6.07, 6.45) is 0. The monoisotopic (exact) mass is 361 g/mol. The molecule has 1 aliphatic heterocycles. The van der Waals surface area contributed by atoms with Gasteiger partial charge in [0.2, 0.25) is 0 Å². The summed E-state index contributed by atoms with van der Waals surface area (Å²) in [5.41, 5.74) is 3.32. The average molecular weight is 362 g/mol. The Morgan fingerprint density at radius 2 is 1.62 bits per heavy atom. The van der Waals surface area contributed by atoms with Crippen LogP contribution in [0.4, 0.5) is 0 Å². The molecule has 1 saturated heterocycles. The maximum Gasteiger partial charge on any atom is 0.0646 e. The zero-order chi connectivity index (χ0) is 16.9. The largest absolute Gasteiger partial charge is 0.295 e. The summed E-state index contributed by atoms with van der Waals surface area (Å²) in [4.78, 5) is 2.42. The van der Waals surface area contributed by atoms with E-state index in [1.54, 1.807) is 0 Å². The number of rotatable bonds is 4. The van der Waals surface area contributed by atoms with Crippen LogP contribution in [0, 0.1) is 0 Å². The molecule has 3 rings (SSSR count). The van der Waals surface area contributed by atoms with Crippen LogP contribution in [0.25, 0.3) is 0 Å². The van der Waals surface area contributed by atoms with Crippen LogP contribution in [0.5, 0.6) is 0 Å². The smallest absolute Gasteiger partial charge is 0.0646 e. The van der Waals surface area contributed by atoms with E-state index >= 15 is 0 Å². The van der Waals surface area contributed by atoms with Crippen molar-refractivity contribution in [3.8, 4) is 0 Å². The summed E-state index contributed by atoms with van der Waals surface area (Å²) < 4.78 is 0. The predicted octanol–water partition coefficient (Wildman–Crippen LogP) is 4.54. The summed E-state index contributed by atoms with van der Waals surface area (Å²) in [5.74, 6) is 0. The lowest BCUT2D eigenvalue weighted by Crippen LogP contribution is -2.43. The van der Waals surface area contributed by atoms with Gasteiger partial charge in [-0.1, -0.05) is 53.5 Å². The van der Waals surface area contributed by atoms with Crippen LogP contribution < -0.4 is 0 Å². The number of hydrogen-bond acceptors (Lipinski definition) is 3. The van der Waals surface area contributed by atoms with Gasteiger partial charge in [0, 0.05) is 42.8 Å². The number of benzene rings is 2. The summed E-state index contributed by atoms with van der Waals surface area (Å²) in [5, 5.41) is 8.49. The first-order valence-electron chi connectivity index (χ1n) is 8.13. The molecule has 0 saturated carbocycles. The van der Waals surface area contributed by atoms with Gasteiger partial charge in [-0.2, -0.15) is 5.10 Å². The molecule has 1 aliphatic rings. The molecular weight excluding hydrogens is 341 g/mol. The molecule has 0 spiro atoms. The molecule has 2 aromatic rings. The molecule has 5 heteroatoms. The quantitative estimate of drug-likeness (QED) is 0.744. The molecule has 1 fully saturated rings. The molecule has 126 valence electrons. The maximum atomic E-state index is 6.25. The van der Waals surface area contributed by atoms with Crippen molar-refractivity contribution in [3.05, 3.63) is 69.7 Å². The molecule has 0 N–H and O–H groups in total. The van der Waals surface area contributed by atoms with Gasteiger partial charge in [0.1, 0.15) is 0 Å². The van der Waals surface area contributed by atoms with E-state index in [-0.39, 0.29) is 0 Å². The lowest BCUT2D eigenvalue weighted by atomic mass is 10.1. The van der Waals surface area contributed by atoms with Crippen LogP contribution in [-0.4, -0.2) is 41.8 Å². The molecule has 1 heterocycles. The number of hydrogen-bond donors (Lipinski definition) is 0. The van der Waals surface area contributed by atoms with Gasteiger partial charge in [-0.05, 0) is 36.2 Å². The normalized spacial score (nSPS) is 16.5. The van der Waals surface area contributed by atoms with Gasteiger partial charge in [0.15, 0.2) is 0 Å². The fourth-order valence-corrected chi connectivity index (χ4v) is 3.15. The van der Waals surface area contributed by atoms with Gasteiger partial charge in [0.05, 0.1) is 5.71 Å². The van der Waals surface area contributed by atoms with Gasteiger partial charge in [-0.3, -0.25) is 9.91 Å². The fourth-order valence-electron chi connectivity index (χ4n) is 2.82. The summed E-state index contributed by atoms with van der Waals surface area (Å²) >= 11 is 12.2. The average Bonchev–Trinajstić information content (AvgIpc) is 2.59. The van der Waals surface area contributed by atoms with E-state index in [0.29, 0.717) is 0 Å². The Balaban J connectivity index is 1.56. The van der Waals surface area contributed by atoms with Crippen molar-refractivity contribution in [2.45, 2.75) is 13.5 Å². The Morgan fingerprint density at radius 1 is 0.958 bits per heavy atom. The molecule has 0 aromatic heterocycles. The molecule has 0 unspecified atom stereocenters. The first-order chi connectivity index (χ1) is 11.6. The molecule has 0 radical (unpaired) electrons. The zero-order valence-corrected chi connectivity index (χ0v) is 15.3. The van der Waals surface area contributed by atoms with Crippen LogP contribution in [0.3, 0.4) is 0 Å². The van der Waals surface area contributed by atoms with E-state index in [1.807, 2.05) is 49.4 Å². The van der Waals surface area contributed by atoms with Crippen LogP contribution >= 0.6 is 23.2 Å². The third-order valence-corrected chi connectivity index (χ3v) is 4.87. The highest BCUT2D eigenvalue weighted by Crippen LogP contribution is 2.18. The summed E-state index contributed by atoms with van der Waals surface area (Å²) in [6, 6.07) is 15.9. The third kappa shape index (κ3) is 4.50. The Morgan fingerprint density at radius 3 is 2.29 bits per heavy atom. The van der Waals surface area contributed by atoms with Crippen molar-refractivity contribution < 1.29 is 0 Å². The van der Waals surface area contributed by atoms with Gasteiger partial charge in [0.25, 0.3) is 0 Å². The number of piperazine rings is 1. The second kappa shape index (κ2) is 8.02. The van der Waals surface area contributed by atoms with E-state index in [9.17, 15) is 0 Å². The second-order valence-corrected chi connectivity index (χ2v) is 6.86. The van der Waals surface area contributed by atoms with Crippen LogP contribution in [0.2, 0.25) is 10.0 Å². The van der Waals surface area contributed by atoms with Crippen molar-refractivity contribution in [3.63, 3.8) is 0 Å². The Hall–Kier alpha value is -1.55. The van der Waals surface area contributed by atoms with Crippen molar-refractivity contribution in [2.24, 2.45) is 5.10 Å². The molecule has 0 aliphatic carbocycles. The molecule has 0 bridgehead atoms. The minimum absolute atomic E-state index is 0.750. The summed E-state index contributed by atoms with van der Waals surface area (Å²) in [6.45, 7) is 6.77. The number of hydrazone groups is 1. The summed E-state index contributed by atoms with van der Waals surface area (Å²) in [7, 11) is 0. The molecule has 0 amide bonds. The first-order valence-corrected chi connectivity index (χ1v) is 8.89. The van der Waals surface area contributed by atoms with E-state index in [4.69, 9.17) is 28.3 Å². The highest BCUT2D eigenvalue weighted by atomic mass is 35.5. The Kier molecular flexibility index (Phi) is 5.77. The lowest BCUT2D eigenvalue weighted by molar-refractivity contribution is 0.130. The van der Waals surface area contributed by atoms with Crippen LogP contribution in [0.1, 0.15) is 18.1 Å². The van der Waals surface area contributed by atoms with E-state index in [0.717, 1.165) is 54.0 Å². The highest BCUT2D eigenvalue weighted by molar-refractivity contribution is 6.31. The topological polar surface area (TPSA) is 18.8 Å². The van der Waals surface area contributed by atoms with Gasteiger partial charge >= 0.3 is 0 Å². The van der Waals surface area contributed by atoms with E-state index < -0.39 is 0 Å². The van der Waals surface area contributed by atoms with E-state index in [2.05, 4.69) is 16.0 Å². The lowest BCUT2D eigenvalue weighted by Gasteiger charge is -2.33. The Bertz CT molecular complexity index is 705. The SMILES string of the molecule is CC(=NN1CCN(Cc2ccccc2Cl)CC1)c1ccc(Cl)cc1. The van der Waals surface area contributed by atoms with Gasteiger partial charge < -0.3 is 0 Å². The van der Waals surface area contributed by atoms with Crippen LogP contribution in [-0.2, 0) is 6.54 Å². The van der Waals surface area contributed by atoms with Crippen molar-refractivity contribution >= 4 is 28.9 Å². The molecule has 3 nitrogen and oxygen atoms in total. The van der Waals surface area contributed by atoms with Gasteiger partial charge in [-0.15, -0.1) is 0 Å². The molecule has 0 atom stereocenters. The first kappa shape index (κ1) is 17.3. The molecular formula is C19H21Cl2N3. The fraction of sp³-hybridized carbons (Fsp3) is 0.316. The standard InChI is InChI=1S/C19H21Cl2N3/c1-15(16-6-8-18(20)9-7-16)22-24-12-10-23(11-13-24)14-17-4-2-3-5-19(17)21/h2-9H,10-14H2,1H3. The third-order valence-electron chi connectivity index (χ3n) is 4.25. The van der Waals surface area contributed by atoms with Crippen molar-refractivity contribution in [1.29, 1.82) is 0 Å². The van der Waals surface area contributed by atoms with Crippen molar-refractivity contribution in [2.75, 3.05) is 26.2 Å².